The van der Waals surface area contributed by atoms with Crippen molar-refractivity contribution in [1.82, 2.24) is 15.8 Å². The first-order valence-electron chi connectivity index (χ1n) is 11.0. The van der Waals surface area contributed by atoms with Crippen LogP contribution in [0.15, 0.2) is 72.9 Å². The summed E-state index contributed by atoms with van der Waals surface area (Å²) in [4.78, 5) is 29.1. The summed E-state index contributed by atoms with van der Waals surface area (Å²) in [5, 5.41) is 4.21. The summed E-state index contributed by atoms with van der Waals surface area (Å²) in [7, 11) is 3.17. The van der Waals surface area contributed by atoms with Gasteiger partial charge in [-0.25, -0.2) is 0 Å². The lowest BCUT2D eigenvalue weighted by atomic mass is 10.1. The standard InChI is InChI=1S/C27H26N4O4/c1-17-6-4-5-7-19(17)14-26(32)30-31-27(33)18-8-10-20(11-9-18)29-22-12-13-28-23-16-25(35-3)24(34-2)15-21(22)23/h4-13,15-16H,14H2,1-3H3,(H,28,29)(H,30,32)(H,31,33). The molecule has 1 heterocycles. The van der Waals surface area contributed by atoms with Crippen molar-refractivity contribution in [2.75, 3.05) is 19.5 Å². The second-order valence-electron chi connectivity index (χ2n) is 7.89. The lowest BCUT2D eigenvalue weighted by Gasteiger charge is -2.13. The quantitative estimate of drug-likeness (QED) is 0.348. The number of aromatic nitrogens is 1. The van der Waals surface area contributed by atoms with E-state index in [1.165, 1.54) is 0 Å². The van der Waals surface area contributed by atoms with E-state index >= 15 is 0 Å². The van der Waals surface area contributed by atoms with Gasteiger partial charge in [0.1, 0.15) is 0 Å². The van der Waals surface area contributed by atoms with Crippen LogP contribution in [-0.2, 0) is 11.2 Å². The number of rotatable bonds is 7. The number of anilines is 2. The van der Waals surface area contributed by atoms with Gasteiger partial charge in [0.15, 0.2) is 11.5 Å². The van der Waals surface area contributed by atoms with E-state index in [9.17, 15) is 9.59 Å². The van der Waals surface area contributed by atoms with Gasteiger partial charge in [0.25, 0.3) is 5.91 Å². The van der Waals surface area contributed by atoms with Crippen molar-refractivity contribution >= 4 is 34.1 Å². The molecule has 0 aliphatic heterocycles. The molecule has 178 valence electrons. The minimum absolute atomic E-state index is 0.187. The van der Waals surface area contributed by atoms with Gasteiger partial charge in [-0.2, -0.15) is 0 Å². The van der Waals surface area contributed by atoms with Gasteiger partial charge in [-0.1, -0.05) is 24.3 Å². The van der Waals surface area contributed by atoms with Crippen molar-refractivity contribution in [3.8, 4) is 11.5 Å². The van der Waals surface area contributed by atoms with Crippen molar-refractivity contribution in [3.63, 3.8) is 0 Å². The van der Waals surface area contributed by atoms with E-state index in [0.29, 0.717) is 17.1 Å². The topological polar surface area (TPSA) is 102 Å². The molecular formula is C27H26N4O4. The zero-order valence-corrected chi connectivity index (χ0v) is 19.7. The van der Waals surface area contributed by atoms with Crippen LogP contribution in [0.25, 0.3) is 10.9 Å². The Morgan fingerprint density at radius 1 is 0.886 bits per heavy atom. The summed E-state index contributed by atoms with van der Waals surface area (Å²) in [6.07, 6.45) is 1.89. The highest BCUT2D eigenvalue weighted by molar-refractivity contribution is 5.97. The van der Waals surface area contributed by atoms with E-state index in [0.717, 1.165) is 33.4 Å². The summed E-state index contributed by atoms with van der Waals surface area (Å²) in [5.41, 5.74) is 9.65. The normalized spacial score (nSPS) is 10.5. The Bertz CT molecular complexity index is 1370. The largest absolute Gasteiger partial charge is 0.493 e. The lowest BCUT2D eigenvalue weighted by Crippen LogP contribution is -2.42. The van der Waals surface area contributed by atoms with Crippen LogP contribution in [0.1, 0.15) is 21.5 Å². The first kappa shape index (κ1) is 23.6. The van der Waals surface area contributed by atoms with Crippen LogP contribution in [0.3, 0.4) is 0 Å². The summed E-state index contributed by atoms with van der Waals surface area (Å²) >= 11 is 0. The fourth-order valence-corrected chi connectivity index (χ4v) is 3.67. The summed E-state index contributed by atoms with van der Waals surface area (Å²) in [6.45, 7) is 1.94. The number of carbonyl (C=O) groups excluding carboxylic acids is 2. The van der Waals surface area contributed by atoms with Crippen LogP contribution in [0.5, 0.6) is 11.5 Å². The van der Waals surface area contributed by atoms with Crippen molar-refractivity contribution in [2.24, 2.45) is 0 Å². The molecule has 0 radical (unpaired) electrons. The zero-order valence-electron chi connectivity index (χ0n) is 19.7. The van der Waals surface area contributed by atoms with E-state index in [1.807, 2.05) is 49.4 Å². The van der Waals surface area contributed by atoms with Gasteiger partial charge in [-0.15, -0.1) is 0 Å². The summed E-state index contributed by atoms with van der Waals surface area (Å²) in [5.74, 6) is 0.516. The highest BCUT2D eigenvalue weighted by Crippen LogP contribution is 2.35. The zero-order chi connectivity index (χ0) is 24.8. The molecule has 0 atom stereocenters. The van der Waals surface area contributed by atoms with Gasteiger partial charge < -0.3 is 14.8 Å². The van der Waals surface area contributed by atoms with Crippen molar-refractivity contribution in [2.45, 2.75) is 13.3 Å². The number of methoxy groups -OCH3 is 2. The molecular weight excluding hydrogens is 444 g/mol. The second kappa shape index (κ2) is 10.6. The van der Waals surface area contributed by atoms with Crippen LogP contribution in [-0.4, -0.2) is 31.0 Å². The third-order valence-corrected chi connectivity index (χ3v) is 5.60. The average Bonchev–Trinajstić information content (AvgIpc) is 2.88. The second-order valence-corrected chi connectivity index (χ2v) is 7.89. The molecule has 4 aromatic rings. The number of hydrazine groups is 1. The van der Waals surface area contributed by atoms with E-state index < -0.39 is 5.91 Å². The molecule has 3 N–H and O–H groups in total. The van der Waals surface area contributed by atoms with Crippen LogP contribution < -0.4 is 25.6 Å². The van der Waals surface area contributed by atoms with Gasteiger partial charge in [0.2, 0.25) is 5.91 Å². The fraction of sp³-hybridized carbons (Fsp3) is 0.148. The third-order valence-electron chi connectivity index (χ3n) is 5.60. The van der Waals surface area contributed by atoms with E-state index in [2.05, 4.69) is 21.2 Å². The van der Waals surface area contributed by atoms with E-state index in [-0.39, 0.29) is 12.3 Å². The number of aryl methyl sites for hydroxylation is 1. The number of benzene rings is 3. The van der Waals surface area contributed by atoms with Crippen molar-refractivity contribution in [3.05, 3.63) is 89.6 Å². The first-order valence-corrected chi connectivity index (χ1v) is 11.0. The predicted octanol–water partition coefficient (Wildman–Crippen LogP) is 4.31. The molecule has 0 fully saturated rings. The van der Waals surface area contributed by atoms with Gasteiger partial charge in [0, 0.05) is 34.6 Å². The molecule has 35 heavy (non-hydrogen) atoms. The SMILES string of the molecule is COc1cc2nccc(Nc3ccc(C(=O)NNC(=O)Cc4ccccc4C)cc3)c2cc1OC. The van der Waals surface area contributed by atoms with Gasteiger partial charge in [-0.3, -0.25) is 25.4 Å². The maximum Gasteiger partial charge on any atom is 0.269 e. The Labute approximate surface area is 203 Å². The van der Waals surface area contributed by atoms with Gasteiger partial charge >= 0.3 is 0 Å². The Morgan fingerprint density at radius 2 is 1.60 bits per heavy atom. The smallest absolute Gasteiger partial charge is 0.269 e. The fourth-order valence-electron chi connectivity index (χ4n) is 3.67. The molecule has 8 nitrogen and oxygen atoms in total. The maximum absolute atomic E-state index is 12.5. The third kappa shape index (κ3) is 5.50. The molecule has 0 spiro atoms. The maximum atomic E-state index is 12.5. The average molecular weight is 471 g/mol. The Balaban J connectivity index is 1.41. The van der Waals surface area contributed by atoms with Crippen molar-refractivity contribution < 1.29 is 19.1 Å². The number of ether oxygens (including phenoxy) is 2. The van der Waals surface area contributed by atoms with Crippen LogP contribution in [0.2, 0.25) is 0 Å². The molecule has 2 amide bonds. The lowest BCUT2D eigenvalue weighted by molar-refractivity contribution is -0.121. The molecule has 0 saturated carbocycles. The Morgan fingerprint density at radius 3 is 2.31 bits per heavy atom. The van der Waals surface area contributed by atoms with E-state index in [1.54, 1.807) is 44.7 Å². The highest BCUT2D eigenvalue weighted by atomic mass is 16.5. The minimum atomic E-state index is -0.402. The molecule has 0 bridgehead atoms. The number of nitrogens with zero attached hydrogens (tertiary/aromatic N) is 1. The summed E-state index contributed by atoms with van der Waals surface area (Å²) in [6, 6.07) is 20.1. The molecule has 0 unspecified atom stereocenters. The molecule has 0 aliphatic rings. The van der Waals surface area contributed by atoms with Crippen LogP contribution in [0, 0.1) is 6.92 Å². The molecule has 3 aromatic carbocycles. The number of fused-ring (bicyclic) bond motifs is 1. The van der Waals surface area contributed by atoms with Crippen LogP contribution in [0.4, 0.5) is 11.4 Å². The Kier molecular flexibility index (Phi) is 7.11. The predicted molar refractivity (Wildman–Crippen MR) is 135 cm³/mol. The first-order chi connectivity index (χ1) is 17.0. The summed E-state index contributed by atoms with van der Waals surface area (Å²) < 4.78 is 10.8. The number of hydrogen-bond acceptors (Lipinski definition) is 6. The van der Waals surface area contributed by atoms with Gasteiger partial charge in [-0.05, 0) is 54.4 Å². The number of hydrogen-bond donors (Lipinski definition) is 3. The van der Waals surface area contributed by atoms with Crippen LogP contribution >= 0.6 is 0 Å². The Hall–Kier alpha value is -4.59. The monoisotopic (exact) mass is 470 g/mol. The molecule has 8 heteroatoms. The molecule has 0 aliphatic carbocycles. The number of pyridine rings is 1. The minimum Gasteiger partial charge on any atom is -0.493 e. The molecule has 0 saturated heterocycles. The molecule has 4 rings (SSSR count). The van der Waals surface area contributed by atoms with Gasteiger partial charge in [0.05, 0.1) is 26.2 Å². The highest BCUT2D eigenvalue weighted by Gasteiger charge is 2.12. The number of carbonyl (C=O) groups is 2. The number of amides is 2. The van der Waals surface area contributed by atoms with Crippen molar-refractivity contribution in [1.29, 1.82) is 0 Å². The molecule has 1 aromatic heterocycles. The van der Waals surface area contributed by atoms with E-state index in [4.69, 9.17) is 9.47 Å². The number of nitrogens with one attached hydrogen (secondary N) is 3.